The number of hydrogen-bond donors (Lipinski definition) is 2. The zero-order valence-corrected chi connectivity index (χ0v) is 12.3. The molecule has 3 N–H and O–H groups in total. The van der Waals surface area contributed by atoms with Gasteiger partial charge >= 0.3 is 0 Å². The number of anilines is 2. The first-order chi connectivity index (χ1) is 9.15. The first-order valence-corrected chi connectivity index (χ1v) is 6.76. The monoisotopic (exact) mass is 368 g/mol. The summed E-state index contributed by atoms with van der Waals surface area (Å²) in [6.07, 6.45) is 0. The van der Waals surface area contributed by atoms with Crippen LogP contribution in [0.4, 0.5) is 11.4 Å². The predicted molar refractivity (Wildman–Crippen MR) is 84.1 cm³/mol. The number of halogens is 1. The molecule has 0 aromatic heterocycles. The molecule has 0 aliphatic rings. The number of amides is 1. The van der Waals surface area contributed by atoms with E-state index < -0.39 is 0 Å². The van der Waals surface area contributed by atoms with Crippen molar-refractivity contribution < 1.29 is 9.53 Å². The number of carbonyl (C=O) groups excluding carboxylic acids is 1. The Hall–Kier alpha value is -1.76. The normalized spacial score (nSPS) is 9.95. The van der Waals surface area contributed by atoms with Crippen molar-refractivity contribution in [3.05, 3.63) is 52.1 Å². The first-order valence-electron chi connectivity index (χ1n) is 5.68. The van der Waals surface area contributed by atoms with Crippen molar-refractivity contribution in [1.29, 1.82) is 0 Å². The average Bonchev–Trinajstić information content (AvgIpc) is 2.38. The number of para-hydroxylation sites is 1. The molecule has 19 heavy (non-hydrogen) atoms. The van der Waals surface area contributed by atoms with E-state index in [-0.39, 0.29) is 12.5 Å². The summed E-state index contributed by atoms with van der Waals surface area (Å²) in [5, 5.41) is 2.73. The highest BCUT2D eigenvalue weighted by molar-refractivity contribution is 14.1. The van der Waals surface area contributed by atoms with Crippen LogP contribution in [0.1, 0.15) is 0 Å². The Kier molecular flexibility index (Phi) is 4.62. The standard InChI is InChI=1S/C14H13IN2O2/c15-12-6-1-2-7-13(12)19-9-14(18)17-11-5-3-4-10(16)8-11/h1-8H,9,16H2,(H,17,18). The van der Waals surface area contributed by atoms with Gasteiger partial charge in [-0.1, -0.05) is 18.2 Å². The van der Waals surface area contributed by atoms with Crippen LogP contribution in [0.2, 0.25) is 0 Å². The van der Waals surface area contributed by atoms with Crippen LogP contribution < -0.4 is 15.8 Å². The van der Waals surface area contributed by atoms with Gasteiger partial charge in [0.1, 0.15) is 5.75 Å². The van der Waals surface area contributed by atoms with E-state index in [0.717, 1.165) is 3.57 Å². The van der Waals surface area contributed by atoms with Gasteiger partial charge in [-0.05, 0) is 52.9 Å². The van der Waals surface area contributed by atoms with Gasteiger partial charge in [0.05, 0.1) is 3.57 Å². The van der Waals surface area contributed by atoms with Crippen molar-refractivity contribution in [2.45, 2.75) is 0 Å². The summed E-state index contributed by atoms with van der Waals surface area (Å²) >= 11 is 2.16. The topological polar surface area (TPSA) is 64.3 Å². The lowest BCUT2D eigenvalue weighted by Gasteiger charge is -2.09. The van der Waals surface area contributed by atoms with E-state index in [4.69, 9.17) is 10.5 Å². The fourth-order valence-corrected chi connectivity index (χ4v) is 2.06. The smallest absolute Gasteiger partial charge is 0.262 e. The predicted octanol–water partition coefficient (Wildman–Crippen LogP) is 2.89. The highest BCUT2D eigenvalue weighted by atomic mass is 127. The Morgan fingerprint density at radius 1 is 1.21 bits per heavy atom. The second kappa shape index (κ2) is 6.42. The molecule has 98 valence electrons. The van der Waals surface area contributed by atoms with Crippen LogP contribution in [0.3, 0.4) is 0 Å². The molecule has 2 aromatic carbocycles. The van der Waals surface area contributed by atoms with E-state index in [9.17, 15) is 4.79 Å². The Morgan fingerprint density at radius 3 is 2.74 bits per heavy atom. The molecule has 5 heteroatoms. The molecule has 0 atom stereocenters. The molecule has 0 spiro atoms. The van der Waals surface area contributed by atoms with Crippen molar-refractivity contribution in [2.75, 3.05) is 17.7 Å². The van der Waals surface area contributed by atoms with Gasteiger partial charge in [0, 0.05) is 11.4 Å². The molecule has 0 radical (unpaired) electrons. The van der Waals surface area contributed by atoms with Crippen LogP contribution in [0.5, 0.6) is 5.75 Å². The summed E-state index contributed by atoms with van der Waals surface area (Å²) in [4.78, 5) is 11.7. The largest absolute Gasteiger partial charge is 0.483 e. The Labute approximate surface area is 125 Å². The van der Waals surface area contributed by atoms with Crippen molar-refractivity contribution in [1.82, 2.24) is 0 Å². The Balaban J connectivity index is 1.90. The maximum Gasteiger partial charge on any atom is 0.262 e. The number of rotatable bonds is 4. The molecule has 0 saturated heterocycles. The SMILES string of the molecule is Nc1cccc(NC(=O)COc2ccccc2I)c1. The molecular weight excluding hydrogens is 355 g/mol. The van der Waals surface area contributed by atoms with Crippen LogP contribution >= 0.6 is 22.6 Å². The van der Waals surface area contributed by atoms with Crippen molar-refractivity contribution >= 4 is 39.9 Å². The number of nitrogens with two attached hydrogens (primary N) is 1. The van der Waals surface area contributed by atoms with Gasteiger partial charge in [0.15, 0.2) is 6.61 Å². The van der Waals surface area contributed by atoms with E-state index in [1.807, 2.05) is 24.3 Å². The molecule has 0 fully saturated rings. The molecule has 1 amide bonds. The maximum atomic E-state index is 11.7. The molecule has 4 nitrogen and oxygen atoms in total. The number of hydrogen-bond acceptors (Lipinski definition) is 3. The zero-order chi connectivity index (χ0) is 13.7. The van der Waals surface area contributed by atoms with Crippen LogP contribution in [0.15, 0.2) is 48.5 Å². The third-order valence-corrected chi connectivity index (χ3v) is 3.26. The van der Waals surface area contributed by atoms with Gasteiger partial charge in [0.2, 0.25) is 0 Å². The highest BCUT2D eigenvalue weighted by Crippen LogP contribution is 2.19. The third-order valence-electron chi connectivity index (χ3n) is 2.37. The lowest BCUT2D eigenvalue weighted by molar-refractivity contribution is -0.118. The summed E-state index contributed by atoms with van der Waals surface area (Å²) in [7, 11) is 0. The summed E-state index contributed by atoms with van der Waals surface area (Å²) in [6, 6.07) is 14.6. The number of carbonyl (C=O) groups is 1. The van der Waals surface area contributed by atoms with Gasteiger partial charge < -0.3 is 15.8 Å². The van der Waals surface area contributed by atoms with Gasteiger partial charge in [-0.25, -0.2) is 0 Å². The molecule has 0 bridgehead atoms. The second-order valence-electron chi connectivity index (χ2n) is 3.89. The third kappa shape index (κ3) is 4.13. The summed E-state index contributed by atoms with van der Waals surface area (Å²) in [5.74, 6) is 0.482. The quantitative estimate of drug-likeness (QED) is 0.645. The highest BCUT2D eigenvalue weighted by Gasteiger charge is 2.05. The van der Waals surface area contributed by atoms with E-state index >= 15 is 0 Å². The summed E-state index contributed by atoms with van der Waals surface area (Å²) in [6.45, 7) is -0.0329. The Morgan fingerprint density at radius 2 is 2.00 bits per heavy atom. The molecule has 2 rings (SSSR count). The zero-order valence-electron chi connectivity index (χ0n) is 10.1. The summed E-state index contributed by atoms with van der Waals surface area (Å²) in [5.41, 5.74) is 6.91. The molecular formula is C14H13IN2O2. The minimum Gasteiger partial charge on any atom is -0.483 e. The number of nitrogens with one attached hydrogen (secondary N) is 1. The van der Waals surface area contributed by atoms with Crippen molar-refractivity contribution in [3.8, 4) is 5.75 Å². The van der Waals surface area contributed by atoms with E-state index in [0.29, 0.717) is 17.1 Å². The first kappa shape index (κ1) is 13.7. The molecule has 0 saturated carbocycles. The Bertz CT molecular complexity index is 587. The molecule has 0 heterocycles. The molecule has 0 aliphatic carbocycles. The van der Waals surface area contributed by atoms with Crippen LogP contribution in [0.25, 0.3) is 0 Å². The van der Waals surface area contributed by atoms with E-state index in [1.165, 1.54) is 0 Å². The van der Waals surface area contributed by atoms with Crippen LogP contribution in [0, 0.1) is 3.57 Å². The van der Waals surface area contributed by atoms with Gasteiger partial charge in [-0.3, -0.25) is 4.79 Å². The lowest BCUT2D eigenvalue weighted by Crippen LogP contribution is -2.20. The molecule has 0 unspecified atom stereocenters. The maximum absolute atomic E-state index is 11.7. The number of nitrogen functional groups attached to an aromatic ring is 1. The fraction of sp³-hybridized carbons (Fsp3) is 0.0714. The van der Waals surface area contributed by atoms with E-state index in [1.54, 1.807) is 24.3 Å². The number of ether oxygens (including phenoxy) is 1. The van der Waals surface area contributed by atoms with Crippen molar-refractivity contribution in [3.63, 3.8) is 0 Å². The minimum absolute atomic E-state index is 0.0329. The van der Waals surface area contributed by atoms with E-state index in [2.05, 4.69) is 27.9 Å². The van der Waals surface area contributed by atoms with Gasteiger partial charge in [-0.15, -0.1) is 0 Å². The van der Waals surface area contributed by atoms with Gasteiger partial charge in [0.25, 0.3) is 5.91 Å². The number of benzene rings is 2. The summed E-state index contributed by atoms with van der Waals surface area (Å²) < 4.78 is 6.42. The van der Waals surface area contributed by atoms with Gasteiger partial charge in [-0.2, -0.15) is 0 Å². The van der Waals surface area contributed by atoms with Crippen molar-refractivity contribution in [2.24, 2.45) is 0 Å². The van der Waals surface area contributed by atoms with Crippen LogP contribution in [-0.4, -0.2) is 12.5 Å². The fourth-order valence-electron chi connectivity index (χ4n) is 1.52. The molecule has 0 aliphatic heterocycles. The van der Waals surface area contributed by atoms with Crippen LogP contribution in [-0.2, 0) is 4.79 Å². The molecule has 2 aromatic rings. The minimum atomic E-state index is -0.217. The lowest BCUT2D eigenvalue weighted by atomic mass is 10.3. The average molecular weight is 368 g/mol. The second-order valence-corrected chi connectivity index (χ2v) is 5.05.